The number of aromatic amines is 1. The van der Waals surface area contributed by atoms with Gasteiger partial charge in [0.15, 0.2) is 10.6 Å². The lowest BCUT2D eigenvalue weighted by molar-refractivity contribution is -0.133. The summed E-state index contributed by atoms with van der Waals surface area (Å²) >= 11 is 6.87. The molecule has 8 nitrogen and oxygen atoms in total. The molecule has 0 bridgehead atoms. The van der Waals surface area contributed by atoms with E-state index in [1.807, 2.05) is 22.1 Å². The molecule has 0 atom stereocenters. The maximum Gasteiger partial charge on any atom is 0.409 e. The molecule has 3 heterocycles. The first-order valence-electron chi connectivity index (χ1n) is 8.48. The average molecular weight is 396 g/mol. The highest BCUT2D eigenvalue weighted by Crippen LogP contribution is 2.23. The zero-order valence-electron chi connectivity index (χ0n) is 14.5. The normalized spacial score (nSPS) is 14.5. The third kappa shape index (κ3) is 4.13. The van der Waals surface area contributed by atoms with E-state index in [4.69, 9.17) is 17.0 Å². The Morgan fingerprint density at radius 3 is 2.69 bits per heavy atom. The van der Waals surface area contributed by atoms with E-state index in [9.17, 15) is 9.59 Å². The molecule has 0 saturated carbocycles. The number of rotatable bonds is 5. The number of hydrogen-bond donors (Lipinski definition) is 1. The smallest absolute Gasteiger partial charge is 0.409 e. The van der Waals surface area contributed by atoms with Gasteiger partial charge in [-0.05, 0) is 30.6 Å². The van der Waals surface area contributed by atoms with Gasteiger partial charge in [0.05, 0.1) is 11.5 Å². The van der Waals surface area contributed by atoms with E-state index in [0.29, 0.717) is 50.5 Å². The van der Waals surface area contributed by atoms with Crippen LogP contribution in [0.3, 0.4) is 0 Å². The fourth-order valence-corrected chi connectivity index (χ4v) is 3.78. The Kier molecular flexibility index (Phi) is 6.04. The summed E-state index contributed by atoms with van der Waals surface area (Å²) in [5.41, 5.74) is 0. The molecule has 2 aromatic rings. The van der Waals surface area contributed by atoms with Crippen molar-refractivity contribution < 1.29 is 14.3 Å². The fraction of sp³-hybridized carbons (Fsp3) is 0.500. The lowest BCUT2D eigenvalue weighted by Gasteiger charge is -2.34. The number of amides is 2. The molecule has 1 aliphatic heterocycles. The first-order chi connectivity index (χ1) is 12.6. The van der Waals surface area contributed by atoms with Crippen molar-refractivity contribution in [2.75, 3.05) is 32.8 Å². The van der Waals surface area contributed by atoms with Crippen LogP contribution < -0.4 is 0 Å². The van der Waals surface area contributed by atoms with Crippen molar-refractivity contribution in [1.82, 2.24) is 24.6 Å². The number of nitrogens with zero attached hydrogens (tertiary/aromatic N) is 4. The maximum atomic E-state index is 12.5. The molecular weight excluding hydrogens is 374 g/mol. The quantitative estimate of drug-likeness (QED) is 0.786. The fourth-order valence-electron chi connectivity index (χ4n) is 2.84. The van der Waals surface area contributed by atoms with Crippen LogP contribution in [0.4, 0.5) is 4.79 Å². The zero-order valence-corrected chi connectivity index (χ0v) is 16.1. The summed E-state index contributed by atoms with van der Waals surface area (Å²) in [4.78, 5) is 28.7. The first-order valence-corrected chi connectivity index (χ1v) is 9.77. The third-order valence-electron chi connectivity index (χ3n) is 4.21. The lowest BCUT2D eigenvalue weighted by atomic mass is 10.3. The predicted molar refractivity (Wildman–Crippen MR) is 101 cm³/mol. The number of carbonyl (C=O) groups excluding carboxylic acids is 2. The summed E-state index contributed by atoms with van der Waals surface area (Å²) in [6.45, 7) is 4.64. The third-order valence-corrected chi connectivity index (χ3v) is 5.38. The minimum atomic E-state index is -0.315. The number of aromatic nitrogens is 3. The Morgan fingerprint density at radius 2 is 2.04 bits per heavy atom. The van der Waals surface area contributed by atoms with Gasteiger partial charge in [-0.25, -0.2) is 4.79 Å². The number of H-pyrrole nitrogens is 1. The van der Waals surface area contributed by atoms with Gasteiger partial charge in [-0.2, -0.15) is 5.10 Å². The predicted octanol–water partition coefficient (Wildman–Crippen LogP) is 2.36. The van der Waals surface area contributed by atoms with Crippen LogP contribution in [0.25, 0.3) is 10.7 Å². The average Bonchev–Trinajstić information content (AvgIpc) is 3.29. The van der Waals surface area contributed by atoms with Gasteiger partial charge in [-0.3, -0.25) is 14.5 Å². The van der Waals surface area contributed by atoms with E-state index < -0.39 is 0 Å². The summed E-state index contributed by atoms with van der Waals surface area (Å²) in [7, 11) is 0. The number of nitrogens with one attached hydrogen (secondary N) is 1. The minimum absolute atomic E-state index is 0.0498. The standard InChI is InChI=1S/C16H21N5O3S2/c1-2-24-16(23)20-9-7-19(8-10-20)13(22)5-6-21-14(17-18-15(21)25)12-4-3-11-26-12/h3-4,11H,2,5-10H2,1H3,(H,18,25). The molecule has 0 unspecified atom stereocenters. The molecule has 3 rings (SSSR count). The SMILES string of the molecule is CCOC(=O)N1CCN(C(=O)CCn2c(-c3cccs3)n[nH]c2=S)CC1. The Hall–Kier alpha value is -2.20. The Labute approximate surface area is 160 Å². The van der Waals surface area contributed by atoms with Crippen molar-refractivity contribution in [2.45, 2.75) is 19.9 Å². The van der Waals surface area contributed by atoms with Crippen molar-refractivity contribution in [1.29, 1.82) is 0 Å². The van der Waals surface area contributed by atoms with Crippen LogP contribution >= 0.6 is 23.6 Å². The summed E-state index contributed by atoms with van der Waals surface area (Å²) in [5.74, 6) is 0.804. The van der Waals surface area contributed by atoms with Gasteiger partial charge in [0.25, 0.3) is 0 Å². The topological polar surface area (TPSA) is 83.5 Å². The Morgan fingerprint density at radius 1 is 1.31 bits per heavy atom. The molecule has 10 heteroatoms. The van der Waals surface area contributed by atoms with E-state index in [1.54, 1.807) is 28.1 Å². The molecule has 2 aromatic heterocycles. The molecule has 1 aliphatic rings. The maximum absolute atomic E-state index is 12.5. The molecule has 0 aliphatic carbocycles. The van der Waals surface area contributed by atoms with Crippen molar-refractivity contribution >= 4 is 35.6 Å². The van der Waals surface area contributed by atoms with E-state index in [0.717, 1.165) is 10.7 Å². The monoisotopic (exact) mass is 395 g/mol. The van der Waals surface area contributed by atoms with Crippen LogP contribution in [0.15, 0.2) is 17.5 Å². The van der Waals surface area contributed by atoms with Gasteiger partial charge >= 0.3 is 6.09 Å². The molecule has 1 N–H and O–H groups in total. The van der Waals surface area contributed by atoms with Gasteiger partial charge in [-0.1, -0.05) is 6.07 Å². The number of piperazine rings is 1. The molecular formula is C16H21N5O3S2. The number of hydrogen-bond acceptors (Lipinski definition) is 6. The summed E-state index contributed by atoms with van der Waals surface area (Å²) < 4.78 is 7.36. The van der Waals surface area contributed by atoms with Gasteiger partial charge in [0.1, 0.15) is 0 Å². The molecule has 0 spiro atoms. The molecule has 2 amide bonds. The Balaban J connectivity index is 1.55. The highest BCUT2D eigenvalue weighted by molar-refractivity contribution is 7.71. The lowest BCUT2D eigenvalue weighted by Crippen LogP contribution is -2.50. The largest absolute Gasteiger partial charge is 0.450 e. The highest BCUT2D eigenvalue weighted by Gasteiger charge is 2.24. The van der Waals surface area contributed by atoms with Gasteiger partial charge < -0.3 is 14.5 Å². The van der Waals surface area contributed by atoms with Crippen LogP contribution in [0.1, 0.15) is 13.3 Å². The van der Waals surface area contributed by atoms with Crippen molar-refractivity contribution in [3.8, 4) is 10.7 Å². The zero-order chi connectivity index (χ0) is 18.5. The number of thiophene rings is 1. The molecule has 1 saturated heterocycles. The molecule has 0 radical (unpaired) electrons. The summed E-state index contributed by atoms with van der Waals surface area (Å²) in [5, 5.41) is 9.04. The first kappa shape index (κ1) is 18.6. The second-order valence-electron chi connectivity index (χ2n) is 5.80. The molecule has 140 valence electrons. The van der Waals surface area contributed by atoms with Crippen LogP contribution in [-0.4, -0.2) is 69.4 Å². The molecule has 0 aromatic carbocycles. The second kappa shape index (κ2) is 8.45. The van der Waals surface area contributed by atoms with Gasteiger partial charge in [0.2, 0.25) is 5.91 Å². The number of carbonyl (C=O) groups is 2. The molecule has 26 heavy (non-hydrogen) atoms. The minimum Gasteiger partial charge on any atom is -0.450 e. The Bertz CT molecular complexity index is 806. The van der Waals surface area contributed by atoms with Crippen LogP contribution in [-0.2, 0) is 16.1 Å². The van der Waals surface area contributed by atoms with Crippen molar-refractivity contribution in [3.05, 3.63) is 22.3 Å². The summed E-state index contributed by atoms with van der Waals surface area (Å²) in [6, 6.07) is 3.93. The number of ether oxygens (including phenoxy) is 1. The second-order valence-corrected chi connectivity index (χ2v) is 7.13. The van der Waals surface area contributed by atoms with Gasteiger partial charge in [-0.15, -0.1) is 11.3 Å². The highest BCUT2D eigenvalue weighted by atomic mass is 32.1. The van der Waals surface area contributed by atoms with E-state index >= 15 is 0 Å². The van der Waals surface area contributed by atoms with Crippen LogP contribution in [0.2, 0.25) is 0 Å². The van der Waals surface area contributed by atoms with E-state index in [-0.39, 0.29) is 12.0 Å². The van der Waals surface area contributed by atoms with Crippen LogP contribution in [0, 0.1) is 4.77 Å². The van der Waals surface area contributed by atoms with E-state index in [2.05, 4.69) is 10.2 Å². The van der Waals surface area contributed by atoms with Gasteiger partial charge in [0, 0.05) is 39.1 Å². The van der Waals surface area contributed by atoms with E-state index in [1.165, 1.54) is 0 Å². The molecule has 1 fully saturated rings. The van der Waals surface area contributed by atoms with Crippen LogP contribution in [0.5, 0.6) is 0 Å². The van der Waals surface area contributed by atoms with Crippen molar-refractivity contribution in [2.24, 2.45) is 0 Å². The summed E-state index contributed by atoms with van der Waals surface area (Å²) in [6.07, 6.45) is 0.0240. The van der Waals surface area contributed by atoms with Crippen molar-refractivity contribution in [3.63, 3.8) is 0 Å².